The molecule has 2 unspecified atom stereocenters. The van der Waals surface area contributed by atoms with E-state index in [1.54, 1.807) is 0 Å². The summed E-state index contributed by atoms with van der Waals surface area (Å²) in [6.45, 7) is 5.62. The number of nitrogen functional groups attached to an aromatic ring is 1. The van der Waals surface area contributed by atoms with Gasteiger partial charge >= 0.3 is 0 Å². The Morgan fingerprint density at radius 2 is 2.21 bits per heavy atom. The van der Waals surface area contributed by atoms with Gasteiger partial charge in [-0.15, -0.1) is 11.3 Å². The lowest BCUT2D eigenvalue weighted by molar-refractivity contribution is 0.222. The van der Waals surface area contributed by atoms with Gasteiger partial charge in [-0.2, -0.15) is 0 Å². The minimum atomic E-state index is 0.297. The monoisotopic (exact) mass is 346 g/mol. The van der Waals surface area contributed by atoms with Crippen LogP contribution in [0.4, 0.5) is 5.82 Å². The average molecular weight is 347 g/mol. The molecular formula is C18H26N4OS. The van der Waals surface area contributed by atoms with E-state index in [1.165, 1.54) is 16.9 Å². The van der Waals surface area contributed by atoms with E-state index < -0.39 is 0 Å². The van der Waals surface area contributed by atoms with Crippen molar-refractivity contribution in [2.45, 2.75) is 39.0 Å². The van der Waals surface area contributed by atoms with Crippen LogP contribution in [0.15, 0.2) is 0 Å². The number of rotatable bonds is 4. The summed E-state index contributed by atoms with van der Waals surface area (Å²) in [7, 11) is 0. The Labute approximate surface area is 146 Å². The van der Waals surface area contributed by atoms with E-state index in [1.807, 2.05) is 11.3 Å². The number of aromatic nitrogens is 2. The van der Waals surface area contributed by atoms with E-state index >= 15 is 0 Å². The first-order chi connectivity index (χ1) is 11.6. The second-order valence-electron chi connectivity index (χ2n) is 7.44. The summed E-state index contributed by atoms with van der Waals surface area (Å²) in [6.07, 6.45) is 5.42. The number of hydrogen-bond donors (Lipinski definition) is 2. The number of nitrogens with two attached hydrogens (primary N) is 1. The van der Waals surface area contributed by atoms with Gasteiger partial charge in [-0.05, 0) is 49.6 Å². The maximum atomic E-state index is 9.26. The molecule has 1 aliphatic carbocycles. The summed E-state index contributed by atoms with van der Waals surface area (Å²) in [5.41, 5.74) is 7.70. The van der Waals surface area contributed by atoms with Gasteiger partial charge in [0, 0.05) is 31.0 Å². The Balaban J connectivity index is 1.53. The molecule has 1 fully saturated rings. The highest BCUT2D eigenvalue weighted by Crippen LogP contribution is 2.39. The summed E-state index contributed by atoms with van der Waals surface area (Å²) < 4.78 is 0. The fourth-order valence-corrected chi connectivity index (χ4v) is 5.46. The molecule has 5 nitrogen and oxygen atoms in total. The van der Waals surface area contributed by atoms with Crippen molar-refractivity contribution >= 4 is 27.4 Å². The molecule has 1 aliphatic heterocycles. The van der Waals surface area contributed by atoms with Gasteiger partial charge in [0.15, 0.2) is 0 Å². The summed E-state index contributed by atoms with van der Waals surface area (Å²) in [5.74, 6) is 2.72. The van der Waals surface area contributed by atoms with Crippen LogP contribution in [0, 0.1) is 11.8 Å². The third-order valence-electron chi connectivity index (χ3n) is 5.51. The summed E-state index contributed by atoms with van der Waals surface area (Å²) >= 11 is 1.82. The van der Waals surface area contributed by atoms with E-state index in [-0.39, 0.29) is 0 Å². The van der Waals surface area contributed by atoms with E-state index in [9.17, 15) is 5.11 Å². The standard InChI is InChI=1S/C18H26N4OS/c1-11-2-3-13-14(8-11)24-18-16(13)17(19)20-15(21-18)5-7-22-6-4-12(9-22)10-23/h11-12,23H,2-10H2,1H3,(H2,19,20,21). The maximum Gasteiger partial charge on any atom is 0.136 e. The van der Waals surface area contributed by atoms with Crippen molar-refractivity contribution in [3.8, 4) is 0 Å². The summed E-state index contributed by atoms with van der Waals surface area (Å²) in [6, 6.07) is 0. The zero-order valence-electron chi connectivity index (χ0n) is 14.3. The largest absolute Gasteiger partial charge is 0.396 e. The van der Waals surface area contributed by atoms with Crippen LogP contribution < -0.4 is 5.73 Å². The number of fused-ring (bicyclic) bond motifs is 3. The quantitative estimate of drug-likeness (QED) is 0.888. The third-order valence-corrected chi connectivity index (χ3v) is 6.66. The molecule has 4 rings (SSSR count). The van der Waals surface area contributed by atoms with Crippen molar-refractivity contribution in [3.05, 3.63) is 16.3 Å². The lowest BCUT2D eigenvalue weighted by Gasteiger charge is -2.18. The molecule has 24 heavy (non-hydrogen) atoms. The molecule has 0 saturated carbocycles. The lowest BCUT2D eigenvalue weighted by Crippen LogP contribution is -2.24. The molecule has 1 saturated heterocycles. The summed E-state index contributed by atoms with van der Waals surface area (Å²) in [5, 5.41) is 10.4. The van der Waals surface area contributed by atoms with Crippen LogP contribution in [0.25, 0.3) is 10.2 Å². The number of aliphatic hydroxyl groups is 1. The van der Waals surface area contributed by atoms with Gasteiger partial charge in [0.05, 0.1) is 5.39 Å². The maximum absolute atomic E-state index is 9.26. The Morgan fingerprint density at radius 1 is 1.33 bits per heavy atom. The molecule has 0 amide bonds. The Kier molecular flexibility index (Phi) is 4.45. The number of aliphatic hydroxyl groups excluding tert-OH is 1. The molecule has 3 heterocycles. The second-order valence-corrected chi connectivity index (χ2v) is 8.53. The SMILES string of the molecule is CC1CCc2c(sc3nc(CCN4CCC(CO)C4)nc(N)c23)C1. The van der Waals surface area contributed by atoms with Crippen LogP contribution in [-0.2, 0) is 19.3 Å². The van der Waals surface area contributed by atoms with Crippen molar-refractivity contribution in [2.24, 2.45) is 11.8 Å². The predicted molar refractivity (Wildman–Crippen MR) is 98.4 cm³/mol. The van der Waals surface area contributed by atoms with Crippen molar-refractivity contribution in [1.82, 2.24) is 14.9 Å². The number of thiophene rings is 1. The molecule has 130 valence electrons. The Hall–Kier alpha value is -1.24. The normalized spacial score (nSPS) is 24.6. The smallest absolute Gasteiger partial charge is 0.136 e. The number of anilines is 1. The Bertz CT molecular complexity index is 744. The fourth-order valence-electron chi connectivity index (χ4n) is 4.05. The fraction of sp³-hybridized carbons (Fsp3) is 0.667. The highest BCUT2D eigenvalue weighted by atomic mass is 32.1. The highest BCUT2D eigenvalue weighted by Gasteiger charge is 2.24. The van der Waals surface area contributed by atoms with Crippen LogP contribution in [0.3, 0.4) is 0 Å². The topological polar surface area (TPSA) is 75.3 Å². The van der Waals surface area contributed by atoms with E-state index in [4.69, 9.17) is 10.7 Å². The van der Waals surface area contributed by atoms with Gasteiger partial charge in [0.1, 0.15) is 16.5 Å². The molecule has 6 heteroatoms. The minimum absolute atomic E-state index is 0.297. The first kappa shape index (κ1) is 16.2. The molecule has 2 aromatic heterocycles. The van der Waals surface area contributed by atoms with Gasteiger partial charge in [-0.25, -0.2) is 9.97 Å². The van der Waals surface area contributed by atoms with Crippen LogP contribution in [0.2, 0.25) is 0 Å². The number of hydrogen-bond acceptors (Lipinski definition) is 6. The highest BCUT2D eigenvalue weighted by molar-refractivity contribution is 7.19. The zero-order chi connectivity index (χ0) is 16.7. The van der Waals surface area contributed by atoms with E-state index in [0.717, 1.165) is 67.3 Å². The Morgan fingerprint density at radius 3 is 3.00 bits per heavy atom. The summed E-state index contributed by atoms with van der Waals surface area (Å²) in [4.78, 5) is 14.4. The lowest BCUT2D eigenvalue weighted by atomic mass is 9.89. The van der Waals surface area contributed by atoms with Crippen LogP contribution in [0.5, 0.6) is 0 Å². The number of nitrogens with zero attached hydrogens (tertiary/aromatic N) is 3. The van der Waals surface area contributed by atoms with Gasteiger partial charge < -0.3 is 15.7 Å². The van der Waals surface area contributed by atoms with Gasteiger partial charge in [0.25, 0.3) is 0 Å². The third kappa shape index (κ3) is 3.03. The van der Waals surface area contributed by atoms with Crippen molar-refractivity contribution in [2.75, 3.05) is 32.0 Å². The molecule has 0 bridgehead atoms. The molecule has 0 aromatic carbocycles. The van der Waals surface area contributed by atoms with E-state index in [0.29, 0.717) is 18.3 Å². The zero-order valence-corrected chi connectivity index (χ0v) is 15.1. The van der Waals surface area contributed by atoms with Crippen LogP contribution >= 0.6 is 11.3 Å². The number of aryl methyl sites for hydroxylation is 1. The van der Waals surface area contributed by atoms with Gasteiger partial charge in [0.2, 0.25) is 0 Å². The molecule has 3 N–H and O–H groups in total. The molecule has 0 spiro atoms. The molecule has 2 aliphatic rings. The van der Waals surface area contributed by atoms with Crippen molar-refractivity contribution in [3.63, 3.8) is 0 Å². The van der Waals surface area contributed by atoms with Gasteiger partial charge in [-0.1, -0.05) is 6.92 Å². The first-order valence-electron chi connectivity index (χ1n) is 9.04. The van der Waals surface area contributed by atoms with E-state index in [2.05, 4.69) is 16.8 Å². The molecule has 0 radical (unpaired) electrons. The molecule has 2 atom stereocenters. The predicted octanol–water partition coefficient (Wildman–Crippen LogP) is 2.25. The van der Waals surface area contributed by atoms with Crippen molar-refractivity contribution < 1.29 is 5.11 Å². The van der Waals surface area contributed by atoms with Crippen LogP contribution in [0.1, 0.15) is 36.0 Å². The second kappa shape index (κ2) is 6.58. The average Bonchev–Trinajstić information content (AvgIpc) is 3.16. The molecular weight excluding hydrogens is 320 g/mol. The minimum Gasteiger partial charge on any atom is -0.396 e. The van der Waals surface area contributed by atoms with Crippen LogP contribution in [-0.4, -0.2) is 46.2 Å². The van der Waals surface area contributed by atoms with Crippen molar-refractivity contribution in [1.29, 1.82) is 0 Å². The first-order valence-corrected chi connectivity index (χ1v) is 9.85. The molecule has 2 aromatic rings. The number of likely N-dealkylation sites (tertiary alicyclic amines) is 1. The van der Waals surface area contributed by atoms with Gasteiger partial charge in [-0.3, -0.25) is 0 Å².